The first-order valence-electron chi connectivity index (χ1n) is 13.0. The second-order valence-electron chi connectivity index (χ2n) is 10.8. The molecule has 1 amide bonds. The lowest BCUT2D eigenvalue weighted by Gasteiger charge is -2.46. The van der Waals surface area contributed by atoms with E-state index >= 15 is 0 Å². The zero-order valence-electron chi connectivity index (χ0n) is 20.9. The van der Waals surface area contributed by atoms with Gasteiger partial charge in [-0.2, -0.15) is 13.2 Å². The second-order valence-corrected chi connectivity index (χ2v) is 10.8. The molecule has 1 aromatic carbocycles. The molecule has 5 rings (SSSR count). The fourth-order valence-corrected chi connectivity index (χ4v) is 5.92. The van der Waals surface area contributed by atoms with Crippen LogP contribution in [0.5, 0.6) is 0 Å². The molecule has 1 unspecified atom stereocenters. The largest absolute Gasteiger partial charge is 0.391 e. The van der Waals surface area contributed by atoms with Gasteiger partial charge in [-0.1, -0.05) is 26.0 Å². The third-order valence-electron chi connectivity index (χ3n) is 8.06. The molecule has 1 saturated heterocycles. The number of rotatable bonds is 2. The smallest absolute Gasteiger partial charge is 0.358 e. The zero-order chi connectivity index (χ0) is 25.4. The number of hydrogen-bond donors (Lipinski definition) is 2. The molecular weight excluding hydrogens is 469 g/mol. The second kappa shape index (κ2) is 10.1. The summed E-state index contributed by atoms with van der Waals surface area (Å²) in [5.74, 6) is 0.177. The molecule has 10 heteroatoms. The predicted octanol–water partition coefficient (Wildman–Crippen LogP) is 3.80. The van der Waals surface area contributed by atoms with E-state index < -0.39 is 18.1 Å². The molecule has 2 aliphatic heterocycles. The fourth-order valence-electron chi connectivity index (χ4n) is 5.92. The molecule has 36 heavy (non-hydrogen) atoms. The van der Waals surface area contributed by atoms with Gasteiger partial charge >= 0.3 is 6.18 Å². The van der Waals surface area contributed by atoms with Gasteiger partial charge < -0.3 is 10.6 Å². The Balaban J connectivity index is 1.38. The van der Waals surface area contributed by atoms with Crippen LogP contribution in [0.4, 0.5) is 19.0 Å². The summed E-state index contributed by atoms with van der Waals surface area (Å²) in [5, 5.41) is 7.42. The Morgan fingerprint density at radius 3 is 2.44 bits per heavy atom. The first-order chi connectivity index (χ1) is 17.2. The van der Waals surface area contributed by atoms with Crippen LogP contribution in [0.2, 0.25) is 0 Å². The van der Waals surface area contributed by atoms with Gasteiger partial charge in [-0.3, -0.25) is 14.6 Å². The number of para-hydroxylation sites is 1. The monoisotopic (exact) mass is 504 g/mol. The summed E-state index contributed by atoms with van der Waals surface area (Å²) in [4.78, 5) is 27.5. The van der Waals surface area contributed by atoms with Crippen LogP contribution in [0, 0.1) is 11.8 Å². The number of benzene rings is 1. The minimum Gasteiger partial charge on any atom is -0.358 e. The zero-order valence-corrected chi connectivity index (χ0v) is 20.9. The molecule has 7 nitrogen and oxygen atoms in total. The number of aromatic nitrogens is 2. The summed E-state index contributed by atoms with van der Waals surface area (Å²) < 4.78 is 39.5. The van der Waals surface area contributed by atoms with Crippen LogP contribution < -0.4 is 10.6 Å². The number of alkyl halides is 3. The van der Waals surface area contributed by atoms with Crippen molar-refractivity contribution < 1.29 is 18.0 Å². The molecule has 1 saturated carbocycles. The number of carbonyl (C=O) groups is 1. The highest BCUT2D eigenvalue weighted by molar-refractivity contribution is 5.92. The van der Waals surface area contributed by atoms with Crippen molar-refractivity contribution >= 4 is 22.6 Å². The van der Waals surface area contributed by atoms with Crippen LogP contribution in [-0.2, 0) is 11.3 Å². The van der Waals surface area contributed by atoms with Crippen molar-refractivity contribution in [1.29, 1.82) is 0 Å². The van der Waals surface area contributed by atoms with Gasteiger partial charge in [0, 0.05) is 43.6 Å². The molecule has 0 radical (unpaired) electrons. The van der Waals surface area contributed by atoms with E-state index in [1.54, 1.807) is 0 Å². The SMILES string of the molecule is CC(C)[C@@H]1Nc2nc(nc3ccccc23)CN2CCN(C3CCC(C(F)(F)F)CC3)CC2CNC1=O. The number of halogens is 3. The van der Waals surface area contributed by atoms with Crippen molar-refractivity contribution in [2.24, 2.45) is 11.8 Å². The van der Waals surface area contributed by atoms with Crippen LogP contribution in [0.25, 0.3) is 10.9 Å². The minimum atomic E-state index is -4.09. The van der Waals surface area contributed by atoms with Crippen LogP contribution in [0.15, 0.2) is 24.3 Å². The van der Waals surface area contributed by atoms with Gasteiger partial charge in [-0.15, -0.1) is 0 Å². The van der Waals surface area contributed by atoms with Crippen molar-refractivity contribution in [2.75, 3.05) is 31.5 Å². The molecule has 2 aromatic rings. The first kappa shape index (κ1) is 25.2. The fraction of sp³-hybridized carbons (Fsp3) is 0.654. The summed E-state index contributed by atoms with van der Waals surface area (Å²) in [7, 11) is 0. The van der Waals surface area contributed by atoms with Crippen molar-refractivity contribution in [1.82, 2.24) is 25.1 Å². The number of amides is 1. The Morgan fingerprint density at radius 2 is 1.72 bits per heavy atom. The maximum atomic E-state index is 13.2. The highest BCUT2D eigenvalue weighted by atomic mass is 19.4. The van der Waals surface area contributed by atoms with Crippen LogP contribution in [0.3, 0.4) is 0 Å². The van der Waals surface area contributed by atoms with Crippen molar-refractivity contribution in [3.8, 4) is 0 Å². The van der Waals surface area contributed by atoms with Gasteiger partial charge in [0.05, 0.1) is 18.0 Å². The normalized spacial score (nSPS) is 28.8. The lowest BCUT2D eigenvalue weighted by molar-refractivity contribution is -0.185. The number of piperazine rings is 1. The van der Waals surface area contributed by atoms with E-state index in [4.69, 9.17) is 9.97 Å². The first-order valence-corrected chi connectivity index (χ1v) is 13.0. The predicted molar refractivity (Wildman–Crippen MR) is 132 cm³/mol. The molecule has 2 fully saturated rings. The van der Waals surface area contributed by atoms with E-state index in [1.165, 1.54) is 0 Å². The summed E-state index contributed by atoms with van der Waals surface area (Å²) in [6.07, 6.45) is -2.56. The summed E-state index contributed by atoms with van der Waals surface area (Å²) in [5.41, 5.74) is 0.837. The molecule has 2 N–H and O–H groups in total. The van der Waals surface area contributed by atoms with Crippen molar-refractivity contribution in [3.05, 3.63) is 30.1 Å². The van der Waals surface area contributed by atoms with Crippen LogP contribution >= 0.6 is 0 Å². The molecule has 0 spiro atoms. The van der Waals surface area contributed by atoms with E-state index in [0.29, 0.717) is 44.1 Å². The highest BCUT2D eigenvalue weighted by Gasteiger charge is 2.43. The minimum absolute atomic E-state index is 0.0347. The molecule has 3 heterocycles. The molecule has 2 atom stereocenters. The van der Waals surface area contributed by atoms with Gasteiger partial charge in [0.15, 0.2) is 0 Å². The number of nitrogens with zero attached hydrogens (tertiary/aromatic N) is 4. The van der Waals surface area contributed by atoms with E-state index in [0.717, 1.165) is 24.0 Å². The van der Waals surface area contributed by atoms with Gasteiger partial charge in [0.2, 0.25) is 5.91 Å². The third-order valence-corrected chi connectivity index (χ3v) is 8.06. The molecular formula is C26H35F3N6O. The summed E-state index contributed by atoms with van der Waals surface area (Å²) >= 11 is 0. The Morgan fingerprint density at radius 1 is 1.00 bits per heavy atom. The Bertz CT molecular complexity index is 1090. The molecule has 3 aliphatic rings. The molecule has 2 bridgehead atoms. The standard InChI is InChI=1S/C26H35F3N6O/c1-16(2)23-25(36)30-13-19-14-34(18-9-7-17(8-10-18)26(27,28)29)11-12-35(19)15-22-31-21-6-4-3-5-20(21)24(32-22)33-23/h3-6,16-19,23H,7-15H2,1-2H3,(H,30,36)(H,31,32,33)/t17?,18?,19?,23-/m0/s1. The number of carbonyl (C=O) groups excluding carboxylic acids is 1. The van der Waals surface area contributed by atoms with Gasteiger partial charge in [0.1, 0.15) is 17.7 Å². The average Bonchev–Trinajstić information content (AvgIpc) is 2.87. The Labute approximate surface area is 209 Å². The molecule has 196 valence electrons. The summed E-state index contributed by atoms with van der Waals surface area (Å²) in [6, 6.07) is 7.56. The molecule has 1 aromatic heterocycles. The Kier molecular flexibility index (Phi) is 7.09. The quantitative estimate of drug-likeness (QED) is 0.648. The summed E-state index contributed by atoms with van der Waals surface area (Å²) in [6.45, 7) is 7.31. The lowest BCUT2D eigenvalue weighted by Crippen LogP contribution is -2.59. The molecule has 1 aliphatic carbocycles. The lowest BCUT2D eigenvalue weighted by atomic mass is 9.84. The average molecular weight is 505 g/mol. The number of hydrogen-bond acceptors (Lipinski definition) is 6. The third kappa shape index (κ3) is 5.29. The van der Waals surface area contributed by atoms with Crippen molar-refractivity contribution in [3.63, 3.8) is 0 Å². The van der Waals surface area contributed by atoms with E-state index in [-0.39, 0.29) is 36.8 Å². The van der Waals surface area contributed by atoms with Gasteiger partial charge in [-0.05, 0) is 43.7 Å². The van der Waals surface area contributed by atoms with Crippen LogP contribution in [-0.4, -0.2) is 76.2 Å². The van der Waals surface area contributed by atoms with Gasteiger partial charge in [-0.25, -0.2) is 9.97 Å². The number of nitrogens with one attached hydrogen (secondary N) is 2. The topological polar surface area (TPSA) is 73.4 Å². The maximum absolute atomic E-state index is 13.2. The van der Waals surface area contributed by atoms with E-state index in [9.17, 15) is 18.0 Å². The van der Waals surface area contributed by atoms with Crippen molar-refractivity contribution in [2.45, 2.75) is 70.4 Å². The highest BCUT2D eigenvalue weighted by Crippen LogP contribution is 2.39. The van der Waals surface area contributed by atoms with Crippen LogP contribution in [0.1, 0.15) is 45.4 Å². The maximum Gasteiger partial charge on any atom is 0.391 e. The van der Waals surface area contributed by atoms with E-state index in [2.05, 4.69) is 20.4 Å². The number of fused-ring (bicyclic) bond motifs is 5. The number of anilines is 1. The van der Waals surface area contributed by atoms with Gasteiger partial charge in [0.25, 0.3) is 0 Å². The Hall–Kier alpha value is -2.46. The van der Waals surface area contributed by atoms with E-state index in [1.807, 2.05) is 38.1 Å².